The van der Waals surface area contributed by atoms with Gasteiger partial charge >= 0.3 is 5.97 Å². The average molecular weight is 368 g/mol. The molecule has 2 heterocycles. The molecule has 142 valence electrons. The summed E-state index contributed by atoms with van der Waals surface area (Å²) in [5.74, 6) is -0.882. The van der Waals surface area contributed by atoms with E-state index in [-0.39, 0.29) is 17.5 Å². The van der Waals surface area contributed by atoms with Crippen molar-refractivity contribution in [1.82, 2.24) is 4.98 Å². The number of anilines is 3. The minimum absolute atomic E-state index is 0.0949. The second-order valence-electron chi connectivity index (χ2n) is 6.91. The number of carboxylic acid groups (broad SMARTS) is 1. The topological polar surface area (TPSA) is 85.8 Å². The number of rotatable bonds is 4. The van der Waals surface area contributed by atoms with Gasteiger partial charge in [-0.25, -0.2) is 9.78 Å². The van der Waals surface area contributed by atoms with Crippen LogP contribution in [0.4, 0.5) is 17.2 Å². The molecule has 1 atom stereocenters. The Kier molecular flexibility index (Phi) is 5.30. The molecule has 0 spiro atoms. The molecule has 2 N–H and O–H groups in total. The number of pyridine rings is 1. The van der Waals surface area contributed by atoms with Crippen LogP contribution >= 0.6 is 0 Å². The van der Waals surface area contributed by atoms with Crippen LogP contribution in [0.3, 0.4) is 0 Å². The Morgan fingerprint density at radius 2 is 2.04 bits per heavy atom. The summed E-state index contributed by atoms with van der Waals surface area (Å²) >= 11 is 0. The molecule has 7 nitrogen and oxygen atoms in total. The molecular formula is C20H24N4O3. The van der Waals surface area contributed by atoms with E-state index in [0.717, 1.165) is 6.54 Å². The number of hydrogen-bond donors (Lipinski definition) is 2. The number of aromatic carboxylic acids is 1. The second kappa shape index (κ2) is 7.65. The number of piperazine rings is 1. The number of nitrogens with zero attached hydrogens (tertiary/aromatic N) is 3. The minimum Gasteiger partial charge on any atom is -0.478 e. The number of hydrogen-bond acceptors (Lipinski definition) is 5. The van der Waals surface area contributed by atoms with Crippen molar-refractivity contribution >= 4 is 29.1 Å². The van der Waals surface area contributed by atoms with Crippen LogP contribution in [0.2, 0.25) is 0 Å². The molecular weight excluding hydrogens is 344 g/mol. The Morgan fingerprint density at radius 3 is 2.67 bits per heavy atom. The summed E-state index contributed by atoms with van der Waals surface area (Å²) in [7, 11) is 0. The summed E-state index contributed by atoms with van der Waals surface area (Å²) in [6.45, 7) is 7.69. The zero-order chi connectivity index (χ0) is 19.6. The minimum atomic E-state index is -1.06. The maximum atomic E-state index is 11.7. The lowest BCUT2D eigenvalue weighted by Gasteiger charge is -2.42. The molecule has 0 radical (unpaired) electrons. The Balaban J connectivity index is 1.82. The Labute approximate surface area is 158 Å². The van der Waals surface area contributed by atoms with E-state index >= 15 is 0 Å². The standard InChI is InChI=1S/C20H24N4O3/c1-13-5-4-6-17(9-13)24-8-7-23(12-14(24)2)19-18(20(26)27)10-16(11-21-19)22-15(3)25/h4-6,9-11,14H,7-8,12H2,1-3H3,(H,22,25)(H,26,27). The van der Waals surface area contributed by atoms with Crippen molar-refractivity contribution < 1.29 is 14.7 Å². The quantitative estimate of drug-likeness (QED) is 0.863. The number of amides is 1. The molecule has 0 bridgehead atoms. The molecule has 1 unspecified atom stereocenters. The van der Waals surface area contributed by atoms with E-state index in [1.807, 2.05) is 4.90 Å². The summed E-state index contributed by atoms with van der Waals surface area (Å²) in [5.41, 5.74) is 2.87. The van der Waals surface area contributed by atoms with Crippen LogP contribution in [-0.2, 0) is 4.79 Å². The first-order valence-corrected chi connectivity index (χ1v) is 8.94. The van der Waals surface area contributed by atoms with Gasteiger partial charge in [0.25, 0.3) is 0 Å². The third-order valence-corrected chi connectivity index (χ3v) is 4.68. The van der Waals surface area contributed by atoms with Gasteiger partial charge < -0.3 is 20.2 Å². The average Bonchev–Trinajstić information content (AvgIpc) is 2.61. The van der Waals surface area contributed by atoms with Crippen LogP contribution in [0.15, 0.2) is 36.5 Å². The van der Waals surface area contributed by atoms with Gasteiger partial charge in [-0.1, -0.05) is 12.1 Å². The fourth-order valence-corrected chi connectivity index (χ4v) is 3.48. The summed E-state index contributed by atoms with van der Waals surface area (Å²) in [6.07, 6.45) is 1.50. The molecule has 0 saturated carbocycles. The van der Waals surface area contributed by atoms with Gasteiger partial charge in [-0.3, -0.25) is 4.79 Å². The molecule has 2 aromatic rings. The summed E-state index contributed by atoms with van der Waals surface area (Å²) in [5, 5.41) is 12.2. The lowest BCUT2D eigenvalue weighted by molar-refractivity contribution is -0.114. The Bertz CT molecular complexity index is 868. The van der Waals surface area contributed by atoms with E-state index in [2.05, 4.69) is 53.3 Å². The Hall–Kier alpha value is -3.09. The molecule has 1 aliphatic heterocycles. The van der Waals surface area contributed by atoms with Gasteiger partial charge in [0, 0.05) is 38.3 Å². The number of aryl methyl sites for hydroxylation is 1. The number of nitrogens with one attached hydrogen (secondary N) is 1. The fourth-order valence-electron chi connectivity index (χ4n) is 3.48. The predicted octanol–water partition coefficient (Wildman–Crippen LogP) is 2.76. The molecule has 1 fully saturated rings. The molecule has 7 heteroatoms. The van der Waals surface area contributed by atoms with Crippen molar-refractivity contribution in [3.63, 3.8) is 0 Å². The predicted molar refractivity (Wildman–Crippen MR) is 106 cm³/mol. The molecule has 27 heavy (non-hydrogen) atoms. The van der Waals surface area contributed by atoms with Crippen LogP contribution < -0.4 is 15.1 Å². The number of aromatic nitrogens is 1. The van der Waals surface area contributed by atoms with E-state index in [4.69, 9.17) is 0 Å². The van der Waals surface area contributed by atoms with Crippen molar-refractivity contribution in [2.75, 3.05) is 34.8 Å². The smallest absolute Gasteiger partial charge is 0.339 e. The van der Waals surface area contributed by atoms with Crippen molar-refractivity contribution in [2.45, 2.75) is 26.8 Å². The number of carbonyl (C=O) groups excluding carboxylic acids is 1. The maximum Gasteiger partial charge on any atom is 0.339 e. The first-order chi connectivity index (χ1) is 12.8. The van der Waals surface area contributed by atoms with Gasteiger partial charge in [-0.2, -0.15) is 0 Å². The van der Waals surface area contributed by atoms with Gasteiger partial charge in [0.05, 0.1) is 11.9 Å². The summed E-state index contributed by atoms with van der Waals surface area (Å²) < 4.78 is 0. The molecule has 1 aromatic heterocycles. The Morgan fingerprint density at radius 1 is 1.26 bits per heavy atom. The van der Waals surface area contributed by atoms with Crippen LogP contribution in [-0.4, -0.2) is 47.6 Å². The molecule has 3 rings (SSSR count). The van der Waals surface area contributed by atoms with Gasteiger partial charge in [0.1, 0.15) is 11.4 Å². The van der Waals surface area contributed by atoms with E-state index in [9.17, 15) is 14.7 Å². The number of benzene rings is 1. The van der Waals surface area contributed by atoms with Gasteiger partial charge in [0.15, 0.2) is 0 Å². The van der Waals surface area contributed by atoms with Crippen molar-refractivity contribution in [2.24, 2.45) is 0 Å². The highest BCUT2D eigenvalue weighted by atomic mass is 16.4. The molecule has 1 saturated heterocycles. The number of carboxylic acids is 1. The maximum absolute atomic E-state index is 11.7. The lowest BCUT2D eigenvalue weighted by Crippen LogP contribution is -2.52. The second-order valence-corrected chi connectivity index (χ2v) is 6.91. The van der Waals surface area contributed by atoms with Crippen LogP contribution in [0.25, 0.3) is 0 Å². The zero-order valence-electron chi connectivity index (χ0n) is 15.8. The highest BCUT2D eigenvalue weighted by Crippen LogP contribution is 2.27. The highest BCUT2D eigenvalue weighted by molar-refractivity contribution is 5.96. The zero-order valence-corrected chi connectivity index (χ0v) is 15.8. The van der Waals surface area contributed by atoms with Crippen LogP contribution in [0, 0.1) is 6.92 Å². The normalized spacial score (nSPS) is 16.9. The highest BCUT2D eigenvalue weighted by Gasteiger charge is 2.27. The SMILES string of the molecule is CC(=O)Nc1cnc(N2CCN(c3cccc(C)c3)C(C)C2)c(C(=O)O)c1. The third-order valence-electron chi connectivity index (χ3n) is 4.68. The van der Waals surface area contributed by atoms with Gasteiger partial charge in [-0.05, 0) is 37.6 Å². The van der Waals surface area contributed by atoms with Crippen LogP contribution in [0.5, 0.6) is 0 Å². The lowest BCUT2D eigenvalue weighted by atomic mass is 10.1. The van der Waals surface area contributed by atoms with Gasteiger partial charge in [0.2, 0.25) is 5.91 Å². The van der Waals surface area contributed by atoms with E-state index in [1.54, 1.807) is 0 Å². The molecule has 1 aromatic carbocycles. The van der Waals surface area contributed by atoms with E-state index in [1.165, 1.54) is 30.4 Å². The molecule has 1 amide bonds. The van der Waals surface area contributed by atoms with Crippen molar-refractivity contribution in [3.8, 4) is 0 Å². The first-order valence-electron chi connectivity index (χ1n) is 8.94. The number of carbonyl (C=O) groups is 2. The summed E-state index contributed by atoms with van der Waals surface area (Å²) in [6, 6.07) is 10.1. The largest absolute Gasteiger partial charge is 0.478 e. The van der Waals surface area contributed by atoms with E-state index < -0.39 is 5.97 Å². The van der Waals surface area contributed by atoms with Crippen LogP contribution in [0.1, 0.15) is 29.8 Å². The molecule has 0 aliphatic carbocycles. The monoisotopic (exact) mass is 368 g/mol. The van der Waals surface area contributed by atoms with Gasteiger partial charge in [-0.15, -0.1) is 0 Å². The van der Waals surface area contributed by atoms with Crippen molar-refractivity contribution in [3.05, 3.63) is 47.7 Å². The first kappa shape index (κ1) is 18.7. The van der Waals surface area contributed by atoms with Crippen molar-refractivity contribution in [1.29, 1.82) is 0 Å². The fraction of sp³-hybridized carbons (Fsp3) is 0.350. The van der Waals surface area contributed by atoms with E-state index in [0.29, 0.717) is 24.6 Å². The molecule has 1 aliphatic rings. The third kappa shape index (κ3) is 4.19. The summed E-state index contributed by atoms with van der Waals surface area (Å²) in [4.78, 5) is 31.6.